The molecule has 1 aromatic rings. The lowest BCUT2D eigenvalue weighted by atomic mass is 9.90. The van der Waals surface area contributed by atoms with Gasteiger partial charge in [-0.05, 0) is 34.7 Å². The molecule has 3 nitrogen and oxygen atoms in total. The second-order valence-corrected chi connectivity index (χ2v) is 5.21. The van der Waals surface area contributed by atoms with Gasteiger partial charge >= 0.3 is 0 Å². The van der Waals surface area contributed by atoms with Crippen LogP contribution in [0.2, 0.25) is 0 Å². The largest absolute Gasteiger partial charge is 0.492 e. The summed E-state index contributed by atoms with van der Waals surface area (Å²) in [5.41, 5.74) is 0. The molecule has 1 N–H and O–H groups in total. The molecule has 4 heteroatoms. The Labute approximate surface area is 104 Å². The van der Waals surface area contributed by atoms with Gasteiger partial charge in [0.1, 0.15) is 10.2 Å². The molecule has 0 spiro atoms. The third-order valence-corrected chi connectivity index (χ3v) is 3.65. The smallest absolute Gasteiger partial charge is 0.240 e. The highest BCUT2D eigenvalue weighted by Crippen LogP contribution is 2.27. The number of hydrogen-bond acceptors (Lipinski definition) is 2. The summed E-state index contributed by atoms with van der Waals surface area (Å²) < 4.78 is 7.56. The van der Waals surface area contributed by atoms with Gasteiger partial charge in [0.05, 0.1) is 12.7 Å². The van der Waals surface area contributed by atoms with E-state index >= 15 is 0 Å². The first-order chi connectivity index (χ1) is 7.75. The Morgan fingerprint density at radius 2 is 2.12 bits per heavy atom. The molecular weight excluding hydrogens is 270 g/mol. The van der Waals surface area contributed by atoms with E-state index in [1.54, 1.807) is 18.5 Å². The van der Waals surface area contributed by atoms with Gasteiger partial charge in [-0.2, -0.15) is 0 Å². The maximum Gasteiger partial charge on any atom is 0.240 e. The molecule has 0 unspecified atom stereocenters. The van der Waals surface area contributed by atoms with Crippen molar-refractivity contribution in [2.45, 2.75) is 32.1 Å². The Bertz CT molecular complexity index is 351. The van der Waals surface area contributed by atoms with Gasteiger partial charge in [-0.15, -0.1) is 0 Å². The van der Waals surface area contributed by atoms with E-state index in [1.165, 1.54) is 32.1 Å². The first kappa shape index (κ1) is 11.7. The standard InChI is InChI=1S/C12H17BrNO2/c13-11-8-14(15)7-6-12(11)16-9-10-4-2-1-3-5-10/h6-8,10,15H,1-5,9H2/q+1. The van der Waals surface area contributed by atoms with Crippen LogP contribution in [0.15, 0.2) is 22.9 Å². The van der Waals surface area contributed by atoms with Crippen molar-refractivity contribution in [2.24, 2.45) is 5.92 Å². The average Bonchev–Trinajstić information content (AvgIpc) is 2.29. The molecule has 0 atom stereocenters. The zero-order chi connectivity index (χ0) is 11.4. The Balaban J connectivity index is 1.88. The fraction of sp³-hybridized carbons (Fsp3) is 0.583. The van der Waals surface area contributed by atoms with Crippen molar-refractivity contribution >= 4 is 15.9 Å². The summed E-state index contributed by atoms with van der Waals surface area (Å²) in [7, 11) is 0. The molecule has 0 radical (unpaired) electrons. The molecule has 2 rings (SSSR count). The fourth-order valence-corrected chi connectivity index (χ4v) is 2.58. The number of halogens is 1. The minimum atomic E-state index is 0.696. The van der Waals surface area contributed by atoms with E-state index in [-0.39, 0.29) is 0 Å². The highest BCUT2D eigenvalue weighted by atomic mass is 79.9. The summed E-state index contributed by atoms with van der Waals surface area (Å²) in [5, 5.41) is 9.19. The number of nitrogens with zero attached hydrogens (tertiary/aromatic N) is 1. The van der Waals surface area contributed by atoms with E-state index in [9.17, 15) is 5.21 Å². The first-order valence-electron chi connectivity index (χ1n) is 5.78. The van der Waals surface area contributed by atoms with Crippen molar-refractivity contribution in [3.8, 4) is 5.75 Å². The van der Waals surface area contributed by atoms with E-state index < -0.39 is 0 Å². The molecule has 1 saturated carbocycles. The van der Waals surface area contributed by atoms with E-state index in [2.05, 4.69) is 15.9 Å². The predicted molar refractivity (Wildman–Crippen MR) is 63.6 cm³/mol. The van der Waals surface area contributed by atoms with Crippen LogP contribution < -0.4 is 9.47 Å². The van der Waals surface area contributed by atoms with Crippen molar-refractivity contribution < 1.29 is 14.7 Å². The topological polar surface area (TPSA) is 33.3 Å². The summed E-state index contributed by atoms with van der Waals surface area (Å²) in [5.74, 6) is 1.50. The molecule has 1 heterocycles. The van der Waals surface area contributed by atoms with Crippen LogP contribution in [0.3, 0.4) is 0 Å². The van der Waals surface area contributed by atoms with Gasteiger partial charge in [-0.1, -0.05) is 19.3 Å². The van der Waals surface area contributed by atoms with Gasteiger partial charge in [0.2, 0.25) is 12.4 Å². The summed E-state index contributed by atoms with van der Waals surface area (Å²) in [4.78, 5) is 0. The van der Waals surface area contributed by atoms with Gasteiger partial charge in [-0.25, -0.2) is 0 Å². The maximum atomic E-state index is 9.19. The minimum absolute atomic E-state index is 0.696. The van der Waals surface area contributed by atoms with Crippen LogP contribution >= 0.6 is 15.9 Å². The predicted octanol–water partition coefficient (Wildman–Crippen LogP) is 2.93. The second-order valence-electron chi connectivity index (χ2n) is 4.35. The molecular formula is C12H17BrNO2+. The molecule has 0 saturated heterocycles. The SMILES string of the molecule is O[n+]1ccc(OCC2CCCCC2)c(Br)c1. The van der Waals surface area contributed by atoms with E-state index in [1.807, 2.05) is 0 Å². The lowest BCUT2D eigenvalue weighted by Gasteiger charge is -2.21. The molecule has 0 amide bonds. The molecule has 1 aliphatic carbocycles. The van der Waals surface area contributed by atoms with Gasteiger partial charge in [-0.3, -0.25) is 5.21 Å². The molecule has 0 aromatic carbocycles. The second kappa shape index (κ2) is 5.53. The van der Waals surface area contributed by atoms with Crippen molar-refractivity contribution in [1.29, 1.82) is 0 Å². The van der Waals surface area contributed by atoms with Crippen molar-refractivity contribution in [3.05, 3.63) is 22.9 Å². The van der Waals surface area contributed by atoms with E-state index in [4.69, 9.17) is 4.74 Å². The van der Waals surface area contributed by atoms with Crippen LogP contribution in [-0.4, -0.2) is 11.8 Å². The lowest BCUT2D eigenvalue weighted by molar-refractivity contribution is -0.905. The van der Waals surface area contributed by atoms with Crippen LogP contribution in [0.1, 0.15) is 32.1 Å². The molecule has 88 valence electrons. The summed E-state index contributed by atoms with van der Waals surface area (Å²) in [6, 6.07) is 1.77. The Morgan fingerprint density at radius 3 is 2.81 bits per heavy atom. The fourth-order valence-electron chi connectivity index (χ4n) is 2.12. The molecule has 0 bridgehead atoms. The lowest BCUT2D eigenvalue weighted by Crippen LogP contribution is -2.28. The quantitative estimate of drug-likeness (QED) is 0.685. The number of rotatable bonds is 3. The first-order valence-corrected chi connectivity index (χ1v) is 6.58. The van der Waals surface area contributed by atoms with Gasteiger partial charge in [0.25, 0.3) is 0 Å². The summed E-state index contributed by atoms with van der Waals surface area (Å²) in [6.45, 7) is 0.786. The van der Waals surface area contributed by atoms with Gasteiger partial charge < -0.3 is 4.74 Å². The Hall–Kier alpha value is -0.770. The average molecular weight is 287 g/mol. The molecule has 1 aromatic heterocycles. The highest BCUT2D eigenvalue weighted by molar-refractivity contribution is 9.10. The van der Waals surface area contributed by atoms with E-state index in [0.29, 0.717) is 5.92 Å². The highest BCUT2D eigenvalue weighted by Gasteiger charge is 2.15. The number of aromatic nitrogens is 1. The minimum Gasteiger partial charge on any atom is -0.492 e. The third kappa shape index (κ3) is 3.11. The normalized spacial score (nSPS) is 17.3. The third-order valence-electron chi connectivity index (χ3n) is 3.06. The van der Waals surface area contributed by atoms with Crippen LogP contribution in [-0.2, 0) is 0 Å². The van der Waals surface area contributed by atoms with Crippen LogP contribution in [0.4, 0.5) is 0 Å². The van der Waals surface area contributed by atoms with Crippen LogP contribution in [0, 0.1) is 5.92 Å². The molecule has 0 aliphatic heterocycles. The number of hydrogen-bond donors (Lipinski definition) is 1. The van der Waals surface area contributed by atoms with Crippen LogP contribution in [0.25, 0.3) is 0 Å². The maximum absolute atomic E-state index is 9.19. The summed E-state index contributed by atoms with van der Waals surface area (Å²) >= 11 is 3.37. The van der Waals surface area contributed by atoms with Crippen molar-refractivity contribution in [3.63, 3.8) is 0 Å². The Kier molecular flexibility index (Phi) is 4.04. The molecule has 1 aliphatic rings. The number of pyridine rings is 1. The van der Waals surface area contributed by atoms with Crippen molar-refractivity contribution in [2.75, 3.05) is 6.61 Å². The zero-order valence-corrected chi connectivity index (χ0v) is 10.8. The van der Waals surface area contributed by atoms with E-state index in [0.717, 1.165) is 21.6 Å². The summed E-state index contributed by atoms with van der Waals surface area (Å²) in [6.07, 6.45) is 9.75. The zero-order valence-electron chi connectivity index (χ0n) is 9.23. The molecule has 16 heavy (non-hydrogen) atoms. The van der Waals surface area contributed by atoms with Gasteiger partial charge in [0, 0.05) is 4.73 Å². The number of ether oxygens (including phenoxy) is 1. The van der Waals surface area contributed by atoms with Gasteiger partial charge in [0.15, 0.2) is 0 Å². The Morgan fingerprint density at radius 1 is 1.38 bits per heavy atom. The van der Waals surface area contributed by atoms with Crippen LogP contribution in [0.5, 0.6) is 5.75 Å². The molecule has 1 fully saturated rings. The van der Waals surface area contributed by atoms with Crippen molar-refractivity contribution in [1.82, 2.24) is 0 Å². The monoisotopic (exact) mass is 286 g/mol.